The fourth-order valence-corrected chi connectivity index (χ4v) is 7.42. The van der Waals surface area contributed by atoms with Crippen molar-refractivity contribution in [2.75, 3.05) is 44.3 Å². The van der Waals surface area contributed by atoms with Gasteiger partial charge >= 0.3 is 5.97 Å². The molecule has 1 heterocycles. The topological polar surface area (TPSA) is 87.7 Å². The van der Waals surface area contributed by atoms with Crippen molar-refractivity contribution >= 4 is 29.5 Å². The summed E-state index contributed by atoms with van der Waals surface area (Å²) in [7, 11) is 0. The molecule has 2 amide bonds. The zero-order valence-electron chi connectivity index (χ0n) is 31.9. The van der Waals surface area contributed by atoms with Gasteiger partial charge in [-0.05, 0) is 63.3 Å². The van der Waals surface area contributed by atoms with Crippen LogP contribution in [0.25, 0.3) is 0 Å². The van der Waals surface area contributed by atoms with Gasteiger partial charge in [0.2, 0.25) is 11.8 Å². The van der Waals surface area contributed by atoms with E-state index in [1.807, 2.05) is 0 Å². The number of rotatable bonds is 32. The van der Waals surface area contributed by atoms with E-state index in [2.05, 4.69) is 43.2 Å². The zero-order valence-corrected chi connectivity index (χ0v) is 32.8. The minimum absolute atomic E-state index is 0.0286. The molecule has 0 aromatic rings. The molecular formula is C40H77N3O4S. The first-order valence-electron chi connectivity index (χ1n) is 20.4. The number of nitrogens with one attached hydrogen (secondary N) is 2. The van der Waals surface area contributed by atoms with Gasteiger partial charge in [0.1, 0.15) is 6.04 Å². The first-order valence-corrected chi connectivity index (χ1v) is 21.6. The van der Waals surface area contributed by atoms with E-state index in [1.165, 1.54) is 89.9 Å². The predicted octanol–water partition coefficient (Wildman–Crippen LogP) is 9.46. The van der Waals surface area contributed by atoms with Crippen molar-refractivity contribution in [3.8, 4) is 0 Å². The first-order chi connectivity index (χ1) is 23.4. The number of likely N-dealkylation sites (tertiary alicyclic amines) is 1. The van der Waals surface area contributed by atoms with E-state index in [9.17, 15) is 14.4 Å². The molecule has 0 radical (unpaired) electrons. The Hall–Kier alpha value is -1.28. The molecule has 1 aliphatic heterocycles. The highest BCUT2D eigenvalue weighted by molar-refractivity contribution is 7.99. The number of esters is 1. The Morgan fingerprint density at radius 2 is 1.27 bits per heavy atom. The summed E-state index contributed by atoms with van der Waals surface area (Å²) in [6, 6.07) is -0.540. The molecule has 2 atom stereocenters. The minimum atomic E-state index is -0.540. The van der Waals surface area contributed by atoms with E-state index in [4.69, 9.17) is 4.74 Å². The molecule has 0 spiro atoms. The molecule has 0 saturated carbocycles. The highest BCUT2D eigenvalue weighted by Crippen LogP contribution is 2.20. The van der Waals surface area contributed by atoms with Crippen LogP contribution in [0, 0.1) is 11.8 Å². The molecule has 0 aromatic carbocycles. The number of carbonyl (C=O) groups excluding carboxylic acids is 3. The molecule has 1 saturated heterocycles. The van der Waals surface area contributed by atoms with Crippen LogP contribution in [0.15, 0.2) is 0 Å². The van der Waals surface area contributed by atoms with Crippen molar-refractivity contribution in [3.63, 3.8) is 0 Å². The molecule has 2 N–H and O–H groups in total. The Morgan fingerprint density at radius 1 is 0.688 bits per heavy atom. The normalized spacial score (nSPS) is 14.9. The van der Waals surface area contributed by atoms with E-state index < -0.39 is 6.04 Å². The monoisotopic (exact) mass is 696 g/mol. The van der Waals surface area contributed by atoms with Crippen LogP contribution >= 0.6 is 11.8 Å². The average Bonchev–Trinajstić information content (AvgIpc) is 3.07. The first kappa shape index (κ1) is 44.7. The number of hydrogen-bond acceptors (Lipinski definition) is 6. The summed E-state index contributed by atoms with van der Waals surface area (Å²) in [5.41, 5.74) is 0. The Morgan fingerprint density at radius 3 is 1.92 bits per heavy atom. The lowest BCUT2D eigenvalue weighted by Crippen LogP contribution is -2.50. The van der Waals surface area contributed by atoms with Gasteiger partial charge in [0, 0.05) is 24.8 Å². The van der Waals surface area contributed by atoms with Crippen molar-refractivity contribution in [3.05, 3.63) is 0 Å². The van der Waals surface area contributed by atoms with Crippen LogP contribution < -0.4 is 10.6 Å². The quantitative estimate of drug-likeness (QED) is 0.0539. The van der Waals surface area contributed by atoms with Crippen LogP contribution in [0.5, 0.6) is 0 Å². The molecule has 0 bridgehead atoms. The molecule has 8 heteroatoms. The van der Waals surface area contributed by atoms with Crippen molar-refractivity contribution in [2.24, 2.45) is 11.8 Å². The number of unbranched alkanes of at least 4 members (excludes halogenated alkanes) is 12. The molecule has 282 valence electrons. The summed E-state index contributed by atoms with van der Waals surface area (Å²) in [6.07, 6.45) is 25.5. The maximum absolute atomic E-state index is 13.6. The lowest BCUT2D eigenvalue weighted by molar-refractivity contribution is -0.143. The number of thioether (sulfide) groups is 1. The van der Waals surface area contributed by atoms with Gasteiger partial charge in [-0.2, -0.15) is 11.8 Å². The summed E-state index contributed by atoms with van der Waals surface area (Å²) in [5.74, 6) is 1.97. The number of nitrogens with zero attached hydrogens (tertiary/aromatic N) is 1. The third-order valence-corrected chi connectivity index (χ3v) is 10.7. The van der Waals surface area contributed by atoms with E-state index in [0.29, 0.717) is 37.5 Å². The number of carbonyl (C=O) groups is 3. The van der Waals surface area contributed by atoms with Crippen LogP contribution in [0.4, 0.5) is 0 Å². The van der Waals surface area contributed by atoms with Crippen LogP contribution in [0.1, 0.15) is 175 Å². The van der Waals surface area contributed by atoms with Crippen LogP contribution in [0.2, 0.25) is 0 Å². The maximum atomic E-state index is 13.6. The fraction of sp³-hybridized carbons (Fsp3) is 0.925. The third-order valence-electron chi connectivity index (χ3n) is 9.68. The minimum Gasteiger partial charge on any atom is -0.466 e. The van der Waals surface area contributed by atoms with E-state index in [1.54, 1.807) is 11.8 Å². The van der Waals surface area contributed by atoms with Gasteiger partial charge in [-0.1, -0.05) is 130 Å². The molecule has 1 aliphatic rings. The number of ether oxygens (including phenoxy) is 1. The van der Waals surface area contributed by atoms with Gasteiger partial charge in [-0.25, -0.2) is 0 Å². The van der Waals surface area contributed by atoms with Gasteiger partial charge in [0.15, 0.2) is 0 Å². The second-order valence-corrected chi connectivity index (χ2v) is 15.9. The standard InChI is InChI=1S/C40H77N3O4S/c1-5-7-9-11-14-19-25-36(24-18-10-8-6-2)39(45)42-37(40(46)41-28-31-43-29-20-16-21-30-43)26-33-48-34-27-38(44)47-32-22-15-12-13-17-23-35(3)4/h35-37H,5-34H2,1-4H3,(H,41,46)(H,42,45). The number of amides is 2. The van der Waals surface area contributed by atoms with Crippen molar-refractivity contribution in [1.82, 2.24) is 15.5 Å². The lowest BCUT2D eigenvalue weighted by atomic mass is 9.93. The van der Waals surface area contributed by atoms with Gasteiger partial charge < -0.3 is 20.3 Å². The molecule has 0 aliphatic carbocycles. The highest BCUT2D eigenvalue weighted by atomic mass is 32.2. The summed E-state index contributed by atoms with van der Waals surface area (Å²) in [5, 5.41) is 6.33. The summed E-state index contributed by atoms with van der Waals surface area (Å²) in [6.45, 7) is 13.2. The Balaban J connectivity index is 2.55. The smallest absolute Gasteiger partial charge is 0.306 e. The predicted molar refractivity (Wildman–Crippen MR) is 206 cm³/mol. The van der Waals surface area contributed by atoms with Crippen LogP contribution in [-0.4, -0.2) is 73.0 Å². The van der Waals surface area contributed by atoms with Crippen molar-refractivity contribution in [2.45, 2.75) is 181 Å². The second kappa shape index (κ2) is 31.7. The summed E-state index contributed by atoms with van der Waals surface area (Å²) >= 11 is 1.67. The van der Waals surface area contributed by atoms with Gasteiger partial charge in [0.25, 0.3) is 0 Å². The summed E-state index contributed by atoms with van der Waals surface area (Å²) < 4.78 is 5.46. The SMILES string of the molecule is CCCCCCCCC(CCCCCC)C(=O)NC(CCSCCC(=O)OCCCCCCCC(C)C)C(=O)NCCN1CCCCC1. The molecule has 2 unspecified atom stereocenters. The maximum Gasteiger partial charge on any atom is 0.306 e. The van der Waals surface area contributed by atoms with E-state index in [-0.39, 0.29) is 23.7 Å². The number of hydrogen-bond donors (Lipinski definition) is 2. The summed E-state index contributed by atoms with van der Waals surface area (Å²) in [4.78, 5) is 41.7. The molecule has 7 nitrogen and oxygen atoms in total. The van der Waals surface area contributed by atoms with Crippen LogP contribution in [0.3, 0.4) is 0 Å². The Labute approximate surface area is 301 Å². The highest BCUT2D eigenvalue weighted by Gasteiger charge is 2.25. The molecular weight excluding hydrogens is 619 g/mol. The van der Waals surface area contributed by atoms with E-state index in [0.717, 1.165) is 70.5 Å². The average molecular weight is 696 g/mol. The fourth-order valence-electron chi connectivity index (χ4n) is 6.50. The molecule has 48 heavy (non-hydrogen) atoms. The molecule has 0 aromatic heterocycles. The lowest BCUT2D eigenvalue weighted by Gasteiger charge is -2.27. The molecule has 1 rings (SSSR count). The second-order valence-electron chi connectivity index (χ2n) is 14.7. The van der Waals surface area contributed by atoms with E-state index >= 15 is 0 Å². The Kier molecular flexibility index (Phi) is 29.5. The Bertz CT molecular complexity index is 790. The van der Waals surface area contributed by atoms with Gasteiger partial charge in [0.05, 0.1) is 13.0 Å². The van der Waals surface area contributed by atoms with Crippen molar-refractivity contribution in [1.29, 1.82) is 0 Å². The van der Waals surface area contributed by atoms with Gasteiger partial charge in [-0.15, -0.1) is 0 Å². The van der Waals surface area contributed by atoms with Crippen LogP contribution in [-0.2, 0) is 19.1 Å². The molecule has 1 fully saturated rings. The van der Waals surface area contributed by atoms with Crippen molar-refractivity contribution < 1.29 is 19.1 Å². The number of piperidine rings is 1. The zero-order chi connectivity index (χ0) is 35.1. The largest absolute Gasteiger partial charge is 0.466 e. The third kappa shape index (κ3) is 25.7. The van der Waals surface area contributed by atoms with Gasteiger partial charge in [-0.3, -0.25) is 14.4 Å².